The van der Waals surface area contributed by atoms with Crippen LogP contribution >= 0.6 is 0 Å². The van der Waals surface area contributed by atoms with Gasteiger partial charge < -0.3 is 11.1 Å². The van der Waals surface area contributed by atoms with E-state index in [1.54, 1.807) is 18.3 Å². The zero-order valence-corrected chi connectivity index (χ0v) is 30.1. The van der Waals surface area contributed by atoms with Crippen LogP contribution < -0.4 is 11.1 Å². The average Bonchev–Trinajstić information content (AvgIpc) is 4.06. The molecule has 49 heavy (non-hydrogen) atoms. The standard InChI is InChI=1S/C23H30FN3O.C11H9NO.C6H12.CH3F/c1-4-17-19(18(5-2)23(25)28)12-21(20(13-26-3)14-6-7-14)27-22(17)15-8-10-16(24)11-9-15;1-8-5-9(7-13)6-10-3-2-4-12-11(8)10;1-2-3-6-4-5-6;1-2/h8-12,14,18,20,26H,4-7,13H2,1-3H3,(H2,25,28);2-7H,1H3;6H,2-5H2,1H3;1H3. The fourth-order valence-electron chi connectivity index (χ4n) is 6.42. The summed E-state index contributed by atoms with van der Waals surface area (Å²) in [6, 6.07) is 16.1. The Kier molecular flexibility index (Phi) is 15.9. The molecule has 264 valence electrons. The highest BCUT2D eigenvalue weighted by atomic mass is 19.1. The number of benzene rings is 2. The highest BCUT2D eigenvalue weighted by molar-refractivity contribution is 5.88. The molecular formula is C41H54F2N4O2. The van der Waals surface area contributed by atoms with Gasteiger partial charge in [0.25, 0.3) is 0 Å². The monoisotopic (exact) mass is 672 g/mol. The van der Waals surface area contributed by atoms with Gasteiger partial charge in [-0.15, -0.1) is 0 Å². The predicted molar refractivity (Wildman–Crippen MR) is 197 cm³/mol. The first-order chi connectivity index (χ1) is 23.7. The molecule has 2 saturated carbocycles. The molecule has 2 aliphatic carbocycles. The smallest absolute Gasteiger partial charge is 0.224 e. The van der Waals surface area contributed by atoms with Gasteiger partial charge in [0.1, 0.15) is 12.1 Å². The van der Waals surface area contributed by atoms with Crippen molar-refractivity contribution in [2.45, 2.75) is 90.9 Å². The van der Waals surface area contributed by atoms with Crippen LogP contribution in [-0.2, 0) is 11.2 Å². The summed E-state index contributed by atoms with van der Waals surface area (Å²) in [6.45, 7) is 9.12. The van der Waals surface area contributed by atoms with Crippen molar-refractivity contribution < 1.29 is 18.4 Å². The minimum Gasteiger partial charge on any atom is -0.369 e. The second kappa shape index (κ2) is 19.8. The number of nitrogens with one attached hydrogen (secondary N) is 1. The van der Waals surface area contributed by atoms with Gasteiger partial charge in [-0.25, -0.2) is 4.39 Å². The maximum Gasteiger partial charge on any atom is 0.224 e. The number of fused-ring (bicyclic) bond motifs is 1. The molecule has 2 aromatic heterocycles. The molecule has 6 nitrogen and oxygen atoms in total. The van der Waals surface area contributed by atoms with E-state index in [2.05, 4.69) is 30.2 Å². The van der Waals surface area contributed by atoms with Crippen molar-refractivity contribution in [2.75, 3.05) is 20.8 Å². The Balaban J connectivity index is 0.000000252. The number of pyridine rings is 2. The number of nitrogens with zero attached hydrogens (tertiary/aromatic N) is 2. The number of nitrogens with two attached hydrogens (primary N) is 1. The van der Waals surface area contributed by atoms with E-state index in [1.165, 1.54) is 50.7 Å². The first-order valence-electron chi connectivity index (χ1n) is 17.7. The Bertz CT molecular complexity index is 1640. The molecule has 3 N–H and O–H groups in total. The number of carbonyl (C=O) groups excluding carboxylic acids is 2. The fourth-order valence-corrected chi connectivity index (χ4v) is 6.42. The lowest BCUT2D eigenvalue weighted by atomic mass is 9.85. The van der Waals surface area contributed by atoms with Gasteiger partial charge in [-0.05, 0) is 117 Å². The minimum atomic E-state index is -0.342. The summed E-state index contributed by atoms with van der Waals surface area (Å²) in [4.78, 5) is 32.1. The van der Waals surface area contributed by atoms with Crippen LogP contribution in [0.3, 0.4) is 0 Å². The number of alkyl halides is 1. The number of amides is 1. The third kappa shape index (κ3) is 11.2. The maximum absolute atomic E-state index is 13.5. The van der Waals surface area contributed by atoms with Crippen molar-refractivity contribution in [1.82, 2.24) is 15.3 Å². The van der Waals surface area contributed by atoms with Crippen LogP contribution in [-0.4, -0.2) is 42.9 Å². The fraction of sp³-hybridized carbons (Fsp3) is 0.463. The van der Waals surface area contributed by atoms with E-state index in [4.69, 9.17) is 10.7 Å². The number of aldehydes is 1. The van der Waals surface area contributed by atoms with E-state index in [1.807, 2.05) is 45.2 Å². The molecule has 2 aliphatic rings. The van der Waals surface area contributed by atoms with Gasteiger partial charge in [0.05, 0.1) is 24.3 Å². The van der Waals surface area contributed by atoms with Gasteiger partial charge in [-0.3, -0.25) is 23.9 Å². The second-order valence-corrected chi connectivity index (χ2v) is 13.0. The van der Waals surface area contributed by atoms with Crippen molar-refractivity contribution in [3.63, 3.8) is 0 Å². The molecule has 2 atom stereocenters. The lowest BCUT2D eigenvalue weighted by Crippen LogP contribution is -2.24. The number of likely N-dealkylation sites (N-methyl/N-ethyl adjacent to an activating group) is 1. The van der Waals surface area contributed by atoms with E-state index in [0.29, 0.717) is 31.0 Å². The highest BCUT2D eigenvalue weighted by Crippen LogP contribution is 2.43. The van der Waals surface area contributed by atoms with Gasteiger partial charge in [0.15, 0.2) is 0 Å². The van der Waals surface area contributed by atoms with Crippen LogP contribution in [0.1, 0.15) is 110 Å². The van der Waals surface area contributed by atoms with Crippen LogP contribution in [0, 0.1) is 24.6 Å². The zero-order valence-electron chi connectivity index (χ0n) is 30.1. The van der Waals surface area contributed by atoms with Crippen LogP contribution in [0.25, 0.3) is 22.2 Å². The summed E-state index contributed by atoms with van der Waals surface area (Å²) < 4.78 is 23.0. The van der Waals surface area contributed by atoms with E-state index in [0.717, 1.165) is 69.7 Å². The Labute approximate surface area is 291 Å². The molecule has 6 rings (SSSR count). The Morgan fingerprint density at radius 2 is 1.73 bits per heavy atom. The molecule has 0 saturated heterocycles. The van der Waals surface area contributed by atoms with Gasteiger partial charge in [-0.1, -0.05) is 52.5 Å². The predicted octanol–water partition coefficient (Wildman–Crippen LogP) is 9.28. The number of hydrogen-bond donors (Lipinski definition) is 2. The van der Waals surface area contributed by atoms with Crippen LogP contribution in [0.5, 0.6) is 0 Å². The van der Waals surface area contributed by atoms with Crippen LogP contribution in [0.4, 0.5) is 8.78 Å². The van der Waals surface area contributed by atoms with E-state index < -0.39 is 0 Å². The molecule has 2 unspecified atom stereocenters. The van der Waals surface area contributed by atoms with Crippen molar-refractivity contribution in [3.8, 4) is 11.3 Å². The number of carbonyl (C=O) groups is 2. The van der Waals surface area contributed by atoms with Gasteiger partial charge in [-0.2, -0.15) is 0 Å². The molecule has 8 heteroatoms. The topological polar surface area (TPSA) is 98.0 Å². The molecule has 1 amide bonds. The third-order valence-electron chi connectivity index (χ3n) is 9.22. The number of aryl methyl sites for hydroxylation is 1. The lowest BCUT2D eigenvalue weighted by molar-refractivity contribution is -0.119. The van der Waals surface area contributed by atoms with E-state index in [-0.39, 0.29) is 17.6 Å². The summed E-state index contributed by atoms with van der Waals surface area (Å²) in [7, 11) is 2.45. The number of hydrogen-bond acceptors (Lipinski definition) is 5. The molecular weight excluding hydrogens is 618 g/mol. The Morgan fingerprint density at radius 1 is 1.04 bits per heavy atom. The summed E-state index contributed by atoms with van der Waals surface area (Å²) in [5.74, 6) is 1.15. The summed E-state index contributed by atoms with van der Waals surface area (Å²) in [6.07, 6.45) is 12.3. The summed E-state index contributed by atoms with van der Waals surface area (Å²) >= 11 is 0. The van der Waals surface area contributed by atoms with Crippen LogP contribution in [0.2, 0.25) is 0 Å². The molecule has 0 bridgehead atoms. The van der Waals surface area contributed by atoms with Crippen molar-refractivity contribution in [3.05, 3.63) is 94.6 Å². The number of halogens is 2. The maximum atomic E-state index is 13.5. The van der Waals surface area contributed by atoms with E-state index in [9.17, 15) is 18.4 Å². The molecule has 4 aromatic rings. The summed E-state index contributed by atoms with van der Waals surface area (Å²) in [5, 5.41) is 4.31. The molecule has 0 spiro atoms. The Hall–Kier alpha value is -4.04. The molecule has 0 radical (unpaired) electrons. The molecule has 2 aromatic carbocycles. The second-order valence-electron chi connectivity index (χ2n) is 13.0. The molecule has 2 heterocycles. The number of primary amides is 1. The molecule has 0 aliphatic heterocycles. The van der Waals surface area contributed by atoms with Gasteiger partial charge in [0.2, 0.25) is 5.91 Å². The molecule has 2 fully saturated rings. The van der Waals surface area contributed by atoms with Gasteiger partial charge >= 0.3 is 0 Å². The summed E-state index contributed by atoms with van der Waals surface area (Å²) in [5.41, 5.74) is 13.2. The van der Waals surface area contributed by atoms with Crippen molar-refractivity contribution >= 4 is 23.1 Å². The Morgan fingerprint density at radius 3 is 2.24 bits per heavy atom. The zero-order chi connectivity index (χ0) is 35.9. The number of aromatic nitrogens is 2. The van der Waals surface area contributed by atoms with Crippen LogP contribution in [0.15, 0.2) is 60.8 Å². The van der Waals surface area contributed by atoms with E-state index >= 15 is 0 Å². The average molecular weight is 673 g/mol. The van der Waals surface area contributed by atoms with Crippen molar-refractivity contribution in [1.29, 1.82) is 0 Å². The first-order valence-corrected chi connectivity index (χ1v) is 17.7. The normalized spacial score (nSPS) is 14.6. The SMILES string of the molecule is CCCC1CC1.CCc1c(C(CC)C(N)=O)cc(C(CNC)C2CC2)nc1-c1ccc(F)cc1.CF.Cc1cc(C=O)cc2cccnc12. The quantitative estimate of drug-likeness (QED) is 0.146. The van der Waals surface area contributed by atoms with Gasteiger partial charge in [0, 0.05) is 40.9 Å². The largest absolute Gasteiger partial charge is 0.369 e. The first kappa shape index (κ1) is 39.4. The third-order valence-corrected chi connectivity index (χ3v) is 9.22. The highest BCUT2D eigenvalue weighted by Gasteiger charge is 2.34. The minimum absolute atomic E-state index is 0.271. The van der Waals surface area contributed by atoms with Crippen molar-refractivity contribution in [2.24, 2.45) is 17.6 Å². The lowest BCUT2D eigenvalue weighted by Gasteiger charge is -2.23. The number of rotatable bonds is 12.